The lowest BCUT2D eigenvalue weighted by molar-refractivity contribution is 0.476. The second-order valence-electron chi connectivity index (χ2n) is 3.87. The Morgan fingerprint density at radius 3 is 2.71 bits per heavy atom. The highest BCUT2D eigenvalue weighted by Gasteiger charge is 2.04. The first kappa shape index (κ1) is 12.0. The third-order valence-electron chi connectivity index (χ3n) is 2.47. The molecule has 0 saturated carbocycles. The van der Waals surface area contributed by atoms with E-state index in [0.29, 0.717) is 11.6 Å². The van der Waals surface area contributed by atoms with Crippen molar-refractivity contribution in [1.82, 2.24) is 0 Å². The van der Waals surface area contributed by atoms with Crippen LogP contribution in [-0.4, -0.2) is 0 Å². The molecule has 0 amide bonds. The summed E-state index contributed by atoms with van der Waals surface area (Å²) >= 11 is 5.91. The van der Waals surface area contributed by atoms with Crippen LogP contribution in [0.1, 0.15) is 11.1 Å². The smallest absolute Gasteiger partial charge is 0.132 e. The molecular formula is C14H14ClNO. The lowest BCUT2D eigenvalue weighted by Gasteiger charge is -2.11. The van der Waals surface area contributed by atoms with Gasteiger partial charge in [0.05, 0.1) is 0 Å². The normalized spacial score (nSPS) is 10.3. The van der Waals surface area contributed by atoms with E-state index in [4.69, 9.17) is 22.1 Å². The fourth-order valence-corrected chi connectivity index (χ4v) is 1.76. The lowest BCUT2D eigenvalue weighted by Crippen LogP contribution is -1.99. The standard InChI is InChI=1S/C14H14ClNO/c1-10-5-6-11(9-16)14(7-10)17-13-4-2-3-12(15)8-13/h2-8H,9,16H2,1H3. The molecule has 2 rings (SSSR count). The Balaban J connectivity index is 2.32. The van der Waals surface area contributed by atoms with Crippen LogP contribution in [0.15, 0.2) is 42.5 Å². The SMILES string of the molecule is Cc1ccc(CN)c(Oc2cccc(Cl)c2)c1. The maximum atomic E-state index is 5.91. The van der Waals surface area contributed by atoms with Crippen molar-refractivity contribution in [3.05, 3.63) is 58.6 Å². The third kappa shape index (κ3) is 2.99. The van der Waals surface area contributed by atoms with Crippen molar-refractivity contribution in [3.63, 3.8) is 0 Å². The van der Waals surface area contributed by atoms with Crippen LogP contribution < -0.4 is 10.5 Å². The number of ether oxygens (including phenoxy) is 1. The molecule has 3 heteroatoms. The van der Waals surface area contributed by atoms with E-state index in [9.17, 15) is 0 Å². The van der Waals surface area contributed by atoms with Crippen LogP contribution in [0, 0.1) is 6.92 Å². The van der Waals surface area contributed by atoms with Gasteiger partial charge in [0.1, 0.15) is 11.5 Å². The second-order valence-corrected chi connectivity index (χ2v) is 4.31. The summed E-state index contributed by atoms with van der Waals surface area (Å²) in [6.07, 6.45) is 0. The van der Waals surface area contributed by atoms with Crippen molar-refractivity contribution in [1.29, 1.82) is 0 Å². The highest BCUT2D eigenvalue weighted by molar-refractivity contribution is 6.30. The van der Waals surface area contributed by atoms with Crippen molar-refractivity contribution >= 4 is 11.6 Å². The number of hydrogen-bond donors (Lipinski definition) is 1. The molecule has 0 radical (unpaired) electrons. The van der Waals surface area contributed by atoms with E-state index in [-0.39, 0.29) is 0 Å². The van der Waals surface area contributed by atoms with Gasteiger partial charge in [-0.1, -0.05) is 29.8 Å². The number of aryl methyl sites for hydroxylation is 1. The summed E-state index contributed by atoms with van der Waals surface area (Å²) < 4.78 is 5.80. The molecular weight excluding hydrogens is 234 g/mol. The first-order valence-electron chi connectivity index (χ1n) is 5.42. The van der Waals surface area contributed by atoms with Gasteiger partial charge in [-0.25, -0.2) is 0 Å². The monoisotopic (exact) mass is 247 g/mol. The van der Waals surface area contributed by atoms with Crippen molar-refractivity contribution in [2.75, 3.05) is 0 Å². The van der Waals surface area contributed by atoms with Crippen molar-refractivity contribution < 1.29 is 4.74 Å². The van der Waals surface area contributed by atoms with Gasteiger partial charge >= 0.3 is 0 Å². The van der Waals surface area contributed by atoms with E-state index < -0.39 is 0 Å². The molecule has 0 unspecified atom stereocenters. The van der Waals surface area contributed by atoms with E-state index in [1.807, 2.05) is 43.3 Å². The molecule has 0 aromatic heterocycles. The number of halogens is 1. The summed E-state index contributed by atoms with van der Waals surface area (Å²) in [6.45, 7) is 2.47. The van der Waals surface area contributed by atoms with Gasteiger partial charge in [-0.2, -0.15) is 0 Å². The number of benzene rings is 2. The Hall–Kier alpha value is -1.51. The predicted octanol–water partition coefficient (Wildman–Crippen LogP) is 3.90. The molecule has 2 N–H and O–H groups in total. The minimum Gasteiger partial charge on any atom is -0.457 e. The maximum absolute atomic E-state index is 5.91. The van der Waals surface area contributed by atoms with Gasteiger partial charge in [0.15, 0.2) is 0 Å². The Morgan fingerprint density at radius 2 is 2.00 bits per heavy atom. The van der Waals surface area contributed by atoms with E-state index in [1.54, 1.807) is 6.07 Å². The molecule has 0 spiro atoms. The molecule has 0 aliphatic rings. The van der Waals surface area contributed by atoms with Crippen molar-refractivity contribution in [3.8, 4) is 11.5 Å². The Labute approximate surface area is 106 Å². The number of nitrogens with two attached hydrogens (primary N) is 1. The number of rotatable bonds is 3. The maximum Gasteiger partial charge on any atom is 0.132 e. The molecule has 0 aliphatic carbocycles. The zero-order valence-corrected chi connectivity index (χ0v) is 10.4. The lowest BCUT2D eigenvalue weighted by atomic mass is 10.1. The Bertz CT molecular complexity index is 525. The summed E-state index contributed by atoms with van der Waals surface area (Å²) in [4.78, 5) is 0. The molecule has 2 aromatic carbocycles. The highest BCUT2D eigenvalue weighted by Crippen LogP contribution is 2.27. The molecule has 0 bridgehead atoms. The summed E-state index contributed by atoms with van der Waals surface area (Å²) in [5.74, 6) is 1.51. The molecule has 0 aliphatic heterocycles. The van der Waals surface area contributed by atoms with Gasteiger partial charge < -0.3 is 10.5 Å². The average Bonchev–Trinajstić information content (AvgIpc) is 2.29. The number of hydrogen-bond acceptors (Lipinski definition) is 2. The quantitative estimate of drug-likeness (QED) is 0.893. The summed E-state index contributed by atoms with van der Waals surface area (Å²) in [5, 5.41) is 0.657. The van der Waals surface area contributed by atoms with Crippen LogP contribution in [-0.2, 0) is 6.54 Å². The predicted molar refractivity (Wildman–Crippen MR) is 70.6 cm³/mol. The molecule has 17 heavy (non-hydrogen) atoms. The fourth-order valence-electron chi connectivity index (χ4n) is 1.58. The third-order valence-corrected chi connectivity index (χ3v) is 2.70. The minimum atomic E-state index is 0.455. The van der Waals surface area contributed by atoms with Crippen LogP contribution in [0.5, 0.6) is 11.5 Å². The topological polar surface area (TPSA) is 35.2 Å². The van der Waals surface area contributed by atoms with Gasteiger partial charge in [-0.3, -0.25) is 0 Å². The molecule has 0 fully saturated rings. The first-order chi connectivity index (χ1) is 8.19. The van der Waals surface area contributed by atoms with E-state index >= 15 is 0 Å². The van der Waals surface area contributed by atoms with Crippen LogP contribution in [0.2, 0.25) is 5.02 Å². The molecule has 0 heterocycles. The zero-order valence-electron chi connectivity index (χ0n) is 9.61. The van der Waals surface area contributed by atoms with Crippen LogP contribution in [0.25, 0.3) is 0 Å². The van der Waals surface area contributed by atoms with Crippen molar-refractivity contribution in [2.24, 2.45) is 5.73 Å². The fraction of sp³-hybridized carbons (Fsp3) is 0.143. The summed E-state index contributed by atoms with van der Waals surface area (Å²) in [6, 6.07) is 13.3. The average molecular weight is 248 g/mol. The van der Waals surface area contributed by atoms with Crippen molar-refractivity contribution in [2.45, 2.75) is 13.5 Å². The van der Waals surface area contributed by atoms with Crippen LogP contribution in [0.4, 0.5) is 0 Å². The van der Waals surface area contributed by atoms with Gasteiger partial charge in [0.2, 0.25) is 0 Å². The van der Waals surface area contributed by atoms with Crippen LogP contribution >= 0.6 is 11.6 Å². The van der Waals surface area contributed by atoms with Gasteiger partial charge in [0, 0.05) is 17.1 Å². The van der Waals surface area contributed by atoms with Crippen LogP contribution in [0.3, 0.4) is 0 Å². The summed E-state index contributed by atoms with van der Waals surface area (Å²) in [7, 11) is 0. The Kier molecular flexibility index (Phi) is 3.67. The van der Waals surface area contributed by atoms with E-state index in [1.165, 1.54) is 0 Å². The summed E-state index contributed by atoms with van der Waals surface area (Å²) in [5.41, 5.74) is 7.80. The minimum absolute atomic E-state index is 0.455. The highest BCUT2D eigenvalue weighted by atomic mass is 35.5. The largest absolute Gasteiger partial charge is 0.457 e. The molecule has 88 valence electrons. The molecule has 0 atom stereocenters. The van der Waals surface area contributed by atoms with E-state index in [0.717, 1.165) is 22.6 Å². The zero-order chi connectivity index (χ0) is 12.3. The second kappa shape index (κ2) is 5.21. The molecule has 2 aromatic rings. The molecule has 2 nitrogen and oxygen atoms in total. The van der Waals surface area contributed by atoms with E-state index in [2.05, 4.69) is 0 Å². The first-order valence-corrected chi connectivity index (χ1v) is 5.80. The van der Waals surface area contributed by atoms with Gasteiger partial charge in [-0.15, -0.1) is 0 Å². The molecule has 0 saturated heterocycles. The van der Waals surface area contributed by atoms with Gasteiger partial charge in [-0.05, 0) is 36.8 Å². The Morgan fingerprint density at radius 1 is 1.18 bits per heavy atom. The van der Waals surface area contributed by atoms with Gasteiger partial charge in [0.25, 0.3) is 0 Å².